The van der Waals surface area contributed by atoms with Crippen LogP contribution in [0.15, 0.2) is 12.1 Å². The lowest BCUT2D eigenvalue weighted by Crippen LogP contribution is -2.42. The van der Waals surface area contributed by atoms with Gasteiger partial charge in [-0.15, -0.1) is 0 Å². The number of nitrogens with zero attached hydrogens (tertiary/aromatic N) is 1. The fourth-order valence-electron chi connectivity index (χ4n) is 3.05. The number of likely N-dealkylation sites (tertiary alicyclic amines) is 1. The molecule has 134 valence electrons. The third-order valence-electron chi connectivity index (χ3n) is 4.50. The van der Waals surface area contributed by atoms with Crippen molar-refractivity contribution in [2.45, 2.75) is 38.6 Å². The van der Waals surface area contributed by atoms with E-state index in [4.69, 9.17) is 14.2 Å². The lowest BCUT2D eigenvalue weighted by molar-refractivity contribution is -0.120. The molecule has 0 saturated carbocycles. The standard InChI is InChI=1S/C18H28N2O4/c1-13(20-9-7-5-6-8-10-20)18(21)19-14-11-15(22-2)17(24-4)16(12-14)23-3/h11-13H,5-10H2,1-4H3,(H,19,21)/t13-/m0/s1. The first kappa shape index (κ1) is 18.4. The predicted molar refractivity (Wildman–Crippen MR) is 94.2 cm³/mol. The predicted octanol–water partition coefficient (Wildman–Crippen LogP) is 2.92. The Balaban J connectivity index is 2.12. The van der Waals surface area contributed by atoms with Crippen molar-refractivity contribution in [1.82, 2.24) is 4.90 Å². The highest BCUT2D eigenvalue weighted by molar-refractivity contribution is 5.95. The number of methoxy groups -OCH3 is 3. The second-order valence-electron chi connectivity index (χ2n) is 6.03. The molecule has 6 heteroatoms. The van der Waals surface area contributed by atoms with Gasteiger partial charge in [0.1, 0.15) is 0 Å². The second kappa shape index (κ2) is 8.78. The van der Waals surface area contributed by atoms with Gasteiger partial charge in [-0.1, -0.05) is 12.8 Å². The average molecular weight is 336 g/mol. The number of carbonyl (C=O) groups is 1. The van der Waals surface area contributed by atoms with E-state index in [0.717, 1.165) is 25.9 Å². The van der Waals surface area contributed by atoms with Gasteiger partial charge in [0, 0.05) is 17.8 Å². The molecule has 1 aliphatic heterocycles. The Bertz CT molecular complexity index is 529. The number of benzene rings is 1. The minimum atomic E-state index is -0.165. The Morgan fingerprint density at radius 3 is 2.00 bits per heavy atom. The zero-order valence-electron chi connectivity index (χ0n) is 15.1. The molecule has 1 fully saturated rings. The molecule has 2 rings (SSSR count). The molecule has 0 spiro atoms. The number of nitrogens with one attached hydrogen (secondary N) is 1. The van der Waals surface area contributed by atoms with E-state index in [-0.39, 0.29) is 11.9 Å². The number of hydrogen-bond acceptors (Lipinski definition) is 5. The highest BCUT2D eigenvalue weighted by Gasteiger charge is 2.23. The molecule has 1 amide bonds. The number of rotatable bonds is 6. The van der Waals surface area contributed by atoms with Crippen LogP contribution in [0.5, 0.6) is 17.2 Å². The molecule has 0 radical (unpaired) electrons. The maximum atomic E-state index is 12.6. The summed E-state index contributed by atoms with van der Waals surface area (Å²) in [4.78, 5) is 14.9. The van der Waals surface area contributed by atoms with Crippen LogP contribution in [0.25, 0.3) is 0 Å². The molecule has 1 heterocycles. The zero-order valence-corrected chi connectivity index (χ0v) is 15.1. The Kier molecular flexibility index (Phi) is 6.73. The molecule has 0 bridgehead atoms. The van der Waals surface area contributed by atoms with Crippen LogP contribution in [-0.4, -0.2) is 51.3 Å². The van der Waals surface area contributed by atoms with Crippen molar-refractivity contribution in [3.63, 3.8) is 0 Å². The van der Waals surface area contributed by atoms with Gasteiger partial charge in [-0.2, -0.15) is 0 Å². The smallest absolute Gasteiger partial charge is 0.241 e. The first-order valence-electron chi connectivity index (χ1n) is 8.45. The van der Waals surface area contributed by atoms with Gasteiger partial charge in [0.25, 0.3) is 0 Å². The summed E-state index contributed by atoms with van der Waals surface area (Å²) in [6.45, 7) is 3.91. The zero-order chi connectivity index (χ0) is 17.5. The fourth-order valence-corrected chi connectivity index (χ4v) is 3.05. The minimum absolute atomic E-state index is 0.0221. The molecule has 1 saturated heterocycles. The Morgan fingerprint density at radius 2 is 1.54 bits per heavy atom. The van der Waals surface area contributed by atoms with E-state index in [0.29, 0.717) is 22.9 Å². The Labute approximate surface area is 144 Å². The summed E-state index contributed by atoms with van der Waals surface area (Å²) in [5.41, 5.74) is 0.635. The summed E-state index contributed by atoms with van der Waals surface area (Å²) in [7, 11) is 4.67. The maximum Gasteiger partial charge on any atom is 0.241 e. The van der Waals surface area contributed by atoms with Gasteiger partial charge in [0.15, 0.2) is 11.5 Å². The van der Waals surface area contributed by atoms with E-state index in [1.807, 2.05) is 6.92 Å². The number of ether oxygens (including phenoxy) is 3. The highest BCUT2D eigenvalue weighted by Crippen LogP contribution is 2.39. The monoisotopic (exact) mass is 336 g/mol. The molecule has 1 aromatic rings. The Hall–Kier alpha value is -1.95. The van der Waals surface area contributed by atoms with Crippen molar-refractivity contribution in [1.29, 1.82) is 0 Å². The van der Waals surface area contributed by atoms with Gasteiger partial charge < -0.3 is 19.5 Å². The van der Waals surface area contributed by atoms with Crippen LogP contribution < -0.4 is 19.5 Å². The van der Waals surface area contributed by atoms with Crippen LogP contribution in [0.4, 0.5) is 5.69 Å². The summed E-state index contributed by atoms with van der Waals surface area (Å²) >= 11 is 0. The van der Waals surface area contributed by atoms with Crippen LogP contribution >= 0.6 is 0 Å². The summed E-state index contributed by atoms with van der Waals surface area (Å²) < 4.78 is 16.0. The molecular formula is C18H28N2O4. The average Bonchev–Trinajstić information content (AvgIpc) is 2.89. The molecule has 1 N–H and O–H groups in total. The van der Waals surface area contributed by atoms with Crippen LogP contribution in [-0.2, 0) is 4.79 Å². The fraction of sp³-hybridized carbons (Fsp3) is 0.611. The van der Waals surface area contributed by atoms with E-state index in [1.165, 1.54) is 12.8 Å². The van der Waals surface area contributed by atoms with E-state index in [2.05, 4.69) is 10.2 Å². The lowest BCUT2D eigenvalue weighted by Gasteiger charge is -2.26. The van der Waals surface area contributed by atoms with Gasteiger partial charge in [0.2, 0.25) is 11.7 Å². The molecule has 0 aliphatic carbocycles. The van der Waals surface area contributed by atoms with E-state index >= 15 is 0 Å². The van der Waals surface area contributed by atoms with E-state index in [9.17, 15) is 4.79 Å². The topological polar surface area (TPSA) is 60.0 Å². The van der Waals surface area contributed by atoms with E-state index in [1.54, 1.807) is 33.5 Å². The third kappa shape index (κ3) is 4.32. The molecule has 1 aromatic carbocycles. The first-order chi connectivity index (χ1) is 11.6. The highest BCUT2D eigenvalue weighted by atomic mass is 16.5. The molecule has 1 atom stereocenters. The number of amides is 1. The molecule has 1 aliphatic rings. The number of hydrogen-bond donors (Lipinski definition) is 1. The quantitative estimate of drug-likeness (QED) is 0.865. The van der Waals surface area contributed by atoms with Gasteiger partial charge in [-0.05, 0) is 32.9 Å². The second-order valence-corrected chi connectivity index (χ2v) is 6.03. The van der Waals surface area contributed by atoms with Crippen LogP contribution in [0, 0.1) is 0 Å². The van der Waals surface area contributed by atoms with Crippen molar-refractivity contribution < 1.29 is 19.0 Å². The van der Waals surface area contributed by atoms with Crippen LogP contribution in [0.3, 0.4) is 0 Å². The number of carbonyl (C=O) groups excluding carboxylic acids is 1. The largest absolute Gasteiger partial charge is 0.493 e. The first-order valence-corrected chi connectivity index (χ1v) is 8.45. The summed E-state index contributed by atoms with van der Waals surface area (Å²) in [6.07, 6.45) is 4.80. The van der Waals surface area contributed by atoms with Crippen molar-refractivity contribution in [3.8, 4) is 17.2 Å². The van der Waals surface area contributed by atoms with Crippen molar-refractivity contribution in [2.24, 2.45) is 0 Å². The summed E-state index contributed by atoms with van der Waals surface area (Å²) in [5, 5.41) is 2.96. The molecular weight excluding hydrogens is 308 g/mol. The van der Waals surface area contributed by atoms with Crippen LogP contribution in [0.2, 0.25) is 0 Å². The Morgan fingerprint density at radius 1 is 1.00 bits per heavy atom. The van der Waals surface area contributed by atoms with Crippen molar-refractivity contribution >= 4 is 11.6 Å². The molecule has 24 heavy (non-hydrogen) atoms. The maximum absolute atomic E-state index is 12.6. The van der Waals surface area contributed by atoms with Gasteiger partial charge >= 0.3 is 0 Å². The number of anilines is 1. The normalized spacial score (nSPS) is 16.8. The van der Waals surface area contributed by atoms with Gasteiger partial charge in [-0.3, -0.25) is 9.69 Å². The summed E-state index contributed by atoms with van der Waals surface area (Å²) in [5.74, 6) is 1.54. The molecule has 0 aromatic heterocycles. The van der Waals surface area contributed by atoms with Gasteiger partial charge in [-0.25, -0.2) is 0 Å². The van der Waals surface area contributed by atoms with Crippen molar-refractivity contribution in [3.05, 3.63) is 12.1 Å². The minimum Gasteiger partial charge on any atom is -0.493 e. The SMILES string of the molecule is COc1cc(NC(=O)[C@H](C)N2CCCCCC2)cc(OC)c1OC. The summed E-state index contributed by atoms with van der Waals surface area (Å²) in [6, 6.07) is 3.32. The third-order valence-corrected chi connectivity index (χ3v) is 4.50. The molecule has 0 unspecified atom stereocenters. The van der Waals surface area contributed by atoms with E-state index < -0.39 is 0 Å². The lowest BCUT2D eigenvalue weighted by atomic mass is 10.2. The van der Waals surface area contributed by atoms with Gasteiger partial charge in [0.05, 0.1) is 27.4 Å². The molecule has 6 nitrogen and oxygen atoms in total. The van der Waals surface area contributed by atoms with Crippen molar-refractivity contribution in [2.75, 3.05) is 39.7 Å². The van der Waals surface area contributed by atoms with Crippen LogP contribution in [0.1, 0.15) is 32.6 Å².